The molecule has 1 atom stereocenters. The lowest BCUT2D eigenvalue weighted by Crippen LogP contribution is -2.24. The normalized spacial score (nSPS) is 12.0. The van der Waals surface area contributed by atoms with E-state index in [2.05, 4.69) is 20.6 Å². The smallest absolute Gasteiger partial charge is 0.278 e. The van der Waals surface area contributed by atoms with Gasteiger partial charge in [-0.1, -0.05) is 17.3 Å². The number of aromatic nitrogens is 4. The highest BCUT2D eigenvalue weighted by Gasteiger charge is 2.14. The zero-order chi connectivity index (χ0) is 15.5. The SMILES string of the molecule is CNC(C)Cc1noc(-c2ccn(-c3ccccc3F)n2)n1.Cl. The summed E-state index contributed by atoms with van der Waals surface area (Å²) in [5, 5.41) is 11.3. The van der Waals surface area contributed by atoms with Gasteiger partial charge in [0, 0.05) is 18.7 Å². The van der Waals surface area contributed by atoms with Gasteiger partial charge in [-0.2, -0.15) is 10.1 Å². The summed E-state index contributed by atoms with van der Waals surface area (Å²) in [5.41, 5.74) is 0.886. The van der Waals surface area contributed by atoms with E-state index in [-0.39, 0.29) is 24.3 Å². The number of benzene rings is 1. The fraction of sp³-hybridized carbons (Fsp3) is 0.267. The van der Waals surface area contributed by atoms with Crippen LogP contribution in [0.25, 0.3) is 17.3 Å². The van der Waals surface area contributed by atoms with Crippen LogP contribution < -0.4 is 5.32 Å². The van der Waals surface area contributed by atoms with Crippen LogP contribution in [0, 0.1) is 5.82 Å². The first kappa shape index (κ1) is 17.1. The number of likely N-dealkylation sites (N-methyl/N-ethyl adjacent to an activating group) is 1. The maximum Gasteiger partial charge on any atom is 0.278 e. The van der Waals surface area contributed by atoms with Gasteiger partial charge in [-0.05, 0) is 32.2 Å². The Morgan fingerprint density at radius 2 is 2.09 bits per heavy atom. The summed E-state index contributed by atoms with van der Waals surface area (Å²) in [7, 11) is 1.88. The fourth-order valence-corrected chi connectivity index (χ4v) is 2.03. The molecule has 0 aliphatic rings. The molecule has 0 aliphatic carbocycles. The summed E-state index contributed by atoms with van der Waals surface area (Å²) < 4.78 is 20.4. The average molecular weight is 338 g/mol. The lowest BCUT2D eigenvalue weighted by molar-refractivity contribution is 0.417. The van der Waals surface area contributed by atoms with Gasteiger partial charge < -0.3 is 9.84 Å². The van der Waals surface area contributed by atoms with Crippen LogP contribution in [0.1, 0.15) is 12.7 Å². The second-order valence-electron chi connectivity index (χ2n) is 5.01. The molecule has 0 saturated carbocycles. The third-order valence-corrected chi connectivity index (χ3v) is 3.36. The molecule has 122 valence electrons. The van der Waals surface area contributed by atoms with E-state index in [1.807, 2.05) is 14.0 Å². The molecule has 1 aromatic carbocycles. The van der Waals surface area contributed by atoms with Crippen molar-refractivity contribution in [1.29, 1.82) is 0 Å². The van der Waals surface area contributed by atoms with Crippen LogP contribution in [0.4, 0.5) is 4.39 Å². The molecule has 0 radical (unpaired) electrons. The highest BCUT2D eigenvalue weighted by atomic mass is 35.5. The lowest BCUT2D eigenvalue weighted by atomic mass is 10.2. The quantitative estimate of drug-likeness (QED) is 0.775. The second-order valence-corrected chi connectivity index (χ2v) is 5.01. The molecule has 2 heterocycles. The third kappa shape index (κ3) is 3.75. The lowest BCUT2D eigenvalue weighted by Gasteiger charge is -2.04. The summed E-state index contributed by atoms with van der Waals surface area (Å²) in [6.45, 7) is 2.03. The molecule has 6 nitrogen and oxygen atoms in total. The first-order valence-electron chi connectivity index (χ1n) is 6.98. The molecule has 2 aromatic heterocycles. The van der Waals surface area contributed by atoms with E-state index >= 15 is 0 Å². The Kier molecular flexibility index (Phi) is 5.46. The molecule has 0 fully saturated rings. The highest BCUT2D eigenvalue weighted by molar-refractivity contribution is 5.85. The van der Waals surface area contributed by atoms with Crippen molar-refractivity contribution in [3.8, 4) is 17.3 Å². The molecular formula is C15H17ClFN5O. The standard InChI is InChI=1S/C15H16FN5O.ClH/c1-10(17-2)9-14-18-15(22-20-14)12-7-8-21(19-12)13-6-4-3-5-11(13)16;/h3-8,10,17H,9H2,1-2H3;1H. The zero-order valence-electron chi connectivity index (χ0n) is 12.7. The van der Waals surface area contributed by atoms with Crippen molar-refractivity contribution >= 4 is 12.4 Å². The Bertz CT molecular complexity index is 773. The Morgan fingerprint density at radius 1 is 1.30 bits per heavy atom. The molecule has 23 heavy (non-hydrogen) atoms. The van der Waals surface area contributed by atoms with E-state index < -0.39 is 0 Å². The molecule has 0 amide bonds. The van der Waals surface area contributed by atoms with E-state index in [1.165, 1.54) is 10.7 Å². The summed E-state index contributed by atoms with van der Waals surface area (Å²) in [5.74, 6) is 0.594. The van der Waals surface area contributed by atoms with Gasteiger partial charge in [0.05, 0.1) is 0 Å². The summed E-state index contributed by atoms with van der Waals surface area (Å²) in [6.07, 6.45) is 2.32. The van der Waals surface area contributed by atoms with Crippen molar-refractivity contribution in [2.45, 2.75) is 19.4 Å². The van der Waals surface area contributed by atoms with Crippen LogP contribution in [0.2, 0.25) is 0 Å². The molecule has 0 aliphatic heterocycles. The van der Waals surface area contributed by atoms with Crippen molar-refractivity contribution < 1.29 is 8.91 Å². The number of nitrogens with zero attached hydrogens (tertiary/aromatic N) is 4. The molecular weight excluding hydrogens is 321 g/mol. The molecule has 3 aromatic rings. The first-order valence-corrected chi connectivity index (χ1v) is 6.98. The predicted octanol–water partition coefficient (Wildman–Crippen LogP) is 2.63. The van der Waals surface area contributed by atoms with Crippen LogP contribution in [0.5, 0.6) is 0 Å². The van der Waals surface area contributed by atoms with Gasteiger partial charge >= 0.3 is 0 Å². The van der Waals surface area contributed by atoms with Crippen molar-refractivity contribution in [3.63, 3.8) is 0 Å². The first-order chi connectivity index (χ1) is 10.7. The zero-order valence-corrected chi connectivity index (χ0v) is 13.5. The molecule has 0 saturated heterocycles. The second kappa shape index (κ2) is 7.34. The van der Waals surface area contributed by atoms with E-state index in [0.717, 1.165) is 0 Å². The molecule has 1 N–H and O–H groups in total. The highest BCUT2D eigenvalue weighted by Crippen LogP contribution is 2.18. The van der Waals surface area contributed by atoms with E-state index in [0.29, 0.717) is 29.5 Å². The van der Waals surface area contributed by atoms with Crippen LogP contribution in [-0.4, -0.2) is 33.0 Å². The van der Waals surface area contributed by atoms with Crippen LogP contribution in [-0.2, 0) is 6.42 Å². The maximum absolute atomic E-state index is 13.8. The number of para-hydroxylation sites is 1. The molecule has 0 bridgehead atoms. The minimum absolute atomic E-state index is 0. The largest absolute Gasteiger partial charge is 0.332 e. The minimum Gasteiger partial charge on any atom is -0.332 e. The topological polar surface area (TPSA) is 68.8 Å². The van der Waals surface area contributed by atoms with Gasteiger partial charge in [-0.3, -0.25) is 0 Å². The number of rotatable bonds is 5. The average Bonchev–Trinajstić information content (AvgIpc) is 3.16. The van der Waals surface area contributed by atoms with Gasteiger partial charge in [0.25, 0.3) is 5.89 Å². The predicted molar refractivity (Wildman–Crippen MR) is 86.3 cm³/mol. The molecule has 8 heteroatoms. The van der Waals surface area contributed by atoms with Gasteiger partial charge in [0.2, 0.25) is 0 Å². The molecule has 1 unspecified atom stereocenters. The van der Waals surface area contributed by atoms with E-state index in [1.54, 1.807) is 30.5 Å². The number of halogens is 2. The molecule has 3 rings (SSSR count). The monoisotopic (exact) mass is 337 g/mol. The van der Waals surface area contributed by atoms with Crippen molar-refractivity contribution in [2.24, 2.45) is 0 Å². The van der Waals surface area contributed by atoms with Crippen LogP contribution in [0.15, 0.2) is 41.1 Å². The number of hydrogen-bond donors (Lipinski definition) is 1. The number of hydrogen-bond acceptors (Lipinski definition) is 5. The Balaban J connectivity index is 0.00000192. The van der Waals surface area contributed by atoms with E-state index in [9.17, 15) is 4.39 Å². The summed E-state index contributed by atoms with van der Waals surface area (Å²) in [4.78, 5) is 4.31. The molecule has 0 spiro atoms. The Hall–Kier alpha value is -2.25. The van der Waals surface area contributed by atoms with Crippen LogP contribution >= 0.6 is 12.4 Å². The van der Waals surface area contributed by atoms with Crippen molar-refractivity contribution in [2.75, 3.05) is 7.05 Å². The Labute approximate surface area is 139 Å². The van der Waals surface area contributed by atoms with Gasteiger partial charge in [-0.15, -0.1) is 12.4 Å². The maximum atomic E-state index is 13.8. The van der Waals surface area contributed by atoms with Crippen LogP contribution in [0.3, 0.4) is 0 Å². The van der Waals surface area contributed by atoms with E-state index in [4.69, 9.17) is 4.52 Å². The van der Waals surface area contributed by atoms with Gasteiger partial charge in [0.1, 0.15) is 11.5 Å². The summed E-state index contributed by atoms with van der Waals surface area (Å²) in [6, 6.07) is 8.40. The summed E-state index contributed by atoms with van der Waals surface area (Å²) >= 11 is 0. The number of nitrogens with one attached hydrogen (secondary N) is 1. The third-order valence-electron chi connectivity index (χ3n) is 3.36. The Morgan fingerprint density at radius 3 is 2.83 bits per heavy atom. The van der Waals surface area contributed by atoms with Crippen molar-refractivity contribution in [3.05, 3.63) is 48.2 Å². The van der Waals surface area contributed by atoms with Gasteiger partial charge in [-0.25, -0.2) is 9.07 Å². The minimum atomic E-state index is -0.341. The van der Waals surface area contributed by atoms with Crippen molar-refractivity contribution in [1.82, 2.24) is 25.2 Å². The van der Waals surface area contributed by atoms with Gasteiger partial charge in [0.15, 0.2) is 11.5 Å². The fourth-order valence-electron chi connectivity index (χ4n) is 2.03.